The summed E-state index contributed by atoms with van der Waals surface area (Å²) in [6.45, 7) is 5.85. The fraction of sp³-hybridized carbons (Fsp3) is 0.818. The highest BCUT2D eigenvalue weighted by atomic mass is 32.2. The van der Waals surface area contributed by atoms with E-state index in [9.17, 15) is 0 Å². The van der Waals surface area contributed by atoms with Crippen LogP contribution in [0.2, 0.25) is 0 Å². The van der Waals surface area contributed by atoms with Crippen molar-refractivity contribution in [3.05, 3.63) is 5.82 Å². The number of hydrogen-bond acceptors (Lipinski definition) is 4. The summed E-state index contributed by atoms with van der Waals surface area (Å²) in [5.74, 6) is 3.60. The number of hydrogen-bond donors (Lipinski definition) is 1. The van der Waals surface area contributed by atoms with Crippen LogP contribution in [-0.4, -0.2) is 20.5 Å². The van der Waals surface area contributed by atoms with E-state index in [0.717, 1.165) is 23.4 Å². The molecule has 0 radical (unpaired) electrons. The first kappa shape index (κ1) is 11.9. The lowest BCUT2D eigenvalue weighted by atomic mass is 10.2. The topological polar surface area (TPSA) is 56.7 Å². The van der Waals surface area contributed by atoms with Crippen LogP contribution >= 0.6 is 11.8 Å². The van der Waals surface area contributed by atoms with Crippen LogP contribution in [0.15, 0.2) is 5.16 Å². The Morgan fingerprint density at radius 3 is 2.75 bits per heavy atom. The van der Waals surface area contributed by atoms with Crippen LogP contribution in [0.5, 0.6) is 0 Å². The summed E-state index contributed by atoms with van der Waals surface area (Å²) in [6, 6.07) is 0. The van der Waals surface area contributed by atoms with Crippen molar-refractivity contribution in [2.75, 3.05) is 5.75 Å². The van der Waals surface area contributed by atoms with Crippen LogP contribution in [0, 0.1) is 11.8 Å². The molecule has 1 aliphatic rings. The number of nitrogens with zero attached hydrogens (tertiary/aromatic N) is 3. The lowest BCUT2D eigenvalue weighted by molar-refractivity contribution is 0.480. The minimum atomic E-state index is 0.476. The van der Waals surface area contributed by atoms with Crippen LogP contribution < -0.4 is 5.73 Å². The third-order valence-electron chi connectivity index (χ3n) is 2.67. The van der Waals surface area contributed by atoms with E-state index in [1.54, 1.807) is 0 Å². The lowest BCUT2D eigenvalue weighted by Crippen LogP contribution is -2.13. The van der Waals surface area contributed by atoms with Gasteiger partial charge in [0.25, 0.3) is 0 Å². The van der Waals surface area contributed by atoms with Gasteiger partial charge in [-0.05, 0) is 24.7 Å². The fourth-order valence-electron chi connectivity index (χ4n) is 1.60. The molecule has 16 heavy (non-hydrogen) atoms. The summed E-state index contributed by atoms with van der Waals surface area (Å²) in [7, 11) is 0. The predicted octanol–water partition coefficient (Wildman–Crippen LogP) is 1.89. The Kier molecular flexibility index (Phi) is 3.86. The molecule has 0 aromatic carbocycles. The molecule has 0 atom stereocenters. The molecule has 1 aliphatic carbocycles. The van der Waals surface area contributed by atoms with Crippen molar-refractivity contribution in [2.45, 2.75) is 44.9 Å². The maximum atomic E-state index is 5.68. The number of aromatic nitrogens is 3. The Labute approximate surface area is 101 Å². The zero-order valence-corrected chi connectivity index (χ0v) is 10.8. The van der Waals surface area contributed by atoms with Crippen LogP contribution in [0.3, 0.4) is 0 Å². The average molecular weight is 240 g/mol. The molecule has 90 valence electrons. The second kappa shape index (κ2) is 5.19. The highest BCUT2D eigenvalue weighted by molar-refractivity contribution is 7.99. The molecule has 1 aromatic heterocycles. The van der Waals surface area contributed by atoms with Crippen molar-refractivity contribution < 1.29 is 0 Å². The van der Waals surface area contributed by atoms with Gasteiger partial charge in [0.15, 0.2) is 5.16 Å². The number of nitrogens with two attached hydrogens (primary N) is 1. The van der Waals surface area contributed by atoms with Gasteiger partial charge >= 0.3 is 0 Å². The van der Waals surface area contributed by atoms with Gasteiger partial charge < -0.3 is 10.3 Å². The summed E-state index contributed by atoms with van der Waals surface area (Å²) in [5, 5.41) is 9.43. The quantitative estimate of drug-likeness (QED) is 0.772. The highest BCUT2D eigenvalue weighted by Crippen LogP contribution is 2.34. The van der Waals surface area contributed by atoms with Crippen LogP contribution in [-0.2, 0) is 13.1 Å². The normalized spacial score (nSPS) is 16.0. The van der Waals surface area contributed by atoms with Gasteiger partial charge in [0.05, 0.1) is 6.54 Å². The predicted molar refractivity (Wildman–Crippen MR) is 66.2 cm³/mol. The molecule has 0 amide bonds. The highest BCUT2D eigenvalue weighted by Gasteiger charge is 2.23. The van der Waals surface area contributed by atoms with Crippen molar-refractivity contribution >= 4 is 11.8 Å². The molecule has 0 aliphatic heterocycles. The van der Waals surface area contributed by atoms with E-state index in [4.69, 9.17) is 5.73 Å². The summed E-state index contributed by atoms with van der Waals surface area (Å²) in [4.78, 5) is 0. The molecule has 4 nitrogen and oxygen atoms in total. The average Bonchev–Trinajstić information content (AvgIpc) is 2.99. The molecule has 0 unspecified atom stereocenters. The van der Waals surface area contributed by atoms with Crippen molar-refractivity contribution in [3.8, 4) is 0 Å². The maximum absolute atomic E-state index is 5.68. The molecule has 2 rings (SSSR count). The third kappa shape index (κ3) is 2.98. The van der Waals surface area contributed by atoms with E-state index in [-0.39, 0.29) is 0 Å². The van der Waals surface area contributed by atoms with E-state index in [1.165, 1.54) is 18.6 Å². The first-order chi connectivity index (χ1) is 7.70. The van der Waals surface area contributed by atoms with Crippen molar-refractivity contribution in [1.82, 2.24) is 14.8 Å². The second-order valence-corrected chi connectivity index (χ2v) is 5.85. The van der Waals surface area contributed by atoms with Crippen molar-refractivity contribution in [3.63, 3.8) is 0 Å². The summed E-state index contributed by atoms with van der Waals surface area (Å²) >= 11 is 1.83. The molecule has 1 heterocycles. The van der Waals surface area contributed by atoms with Gasteiger partial charge in [-0.25, -0.2) is 0 Å². The molecular weight excluding hydrogens is 220 g/mol. The zero-order chi connectivity index (χ0) is 11.5. The number of rotatable bonds is 6. The molecule has 0 bridgehead atoms. The molecule has 0 spiro atoms. The minimum Gasteiger partial charge on any atom is -0.324 e. The van der Waals surface area contributed by atoms with Gasteiger partial charge in [-0.2, -0.15) is 0 Å². The summed E-state index contributed by atoms with van der Waals surface area (Å²) in [5.41, 5.74) is 5.68. The van der Waals surface area contributed by atoms with Gasteiger partial charge in [0.2, 0.25) is 0 Å². The van der Waals surface area contributed by atoms with E-state index in [2.05, 4.69) is 28.6 Å². The van der Waals surface area contributed by atoms with Crippen molar-refractivity contribution in [2.24, 2.45) is 17.6 Å². The maximum Gasteiger partial charge on any atom is 0.191 e. The zero-order valence-electron chi connectivity index (χ0n) is 10.0. The van der Waals surface area contributed by atoms with Gasteiger partial charge in [-0.15, -0.1) is 10.2 Å². The minimum absolute atomic E-state index is 0.476. The van der Waals surface area contributed by atoms with Crippen molar-refractivity contribution in [1.29, 1.82) is 0 Å². The van der Waals surface area contributed by atoms with E-state index in [1.807, 2.05) is 11.8 Å². The Hall–Kier alpha value is -0.550. The van der Waals surface area contributed by atoms with Gasteiger partial charge in [-0.1, -0.05) is 25.6 Å². The Bertz CT molecular complexity index is 344. The van der Waals surface area contributed by atoms with Crippen LogP contribution in [0.4, 0.5) is 0 Å². The Morgan fingerprint density at radius 1 is 1.44 bits per heavy atom. The molecule has 2 N–H and O–H groups in total. The molecule has 1 saturated carbocycles. The monoisotopic (exact) mass is 240 g/mol. The molecule has 1 aromatic rings. The molecular formula is C11H20N4S. The smallest absolute Gasteiger partial charge is 0.191 e. The second-order valence-electron chi connectivity index (χ2n) is 4.86. The van der Waals surface area contributed by atoms with E-state index in [0.29, 0.717) is 12.5 Å². The Balaban J connectivity index is 2.05. The largest absolute Gasteiger partial charge is 0.324 e. The fourth-order valence-corrected chi connectivity index (χ4v) is 2.75. The van der Waals surface area contributed by atoms with E-state index < -0.39 is 0 Å². The molecule has 5 heteroatoms. The standard InChI is InChI=1S/C11H20N4S/c1-8(2)6-15-10(5-12)13-14-11(15)16-7-9-3-4-9/h8-9H,3-7,12H2,1-2H3. The lowest BCUT2D eigenvalue weighted by Gasteiger charge is -2.11. The number of thioether (sulfide) groups is 1. The first-order valence-corrected chi connectivity index (χ1v) is 6.94. The van der Waals surface area contributed by atoms with Gasteiger partial charge in [0.1, 0.15) is 5.82 Å². The molecule has 0 saturated heterocycles. The molecule has 1 fully saturated rings. The van der Waals surface area contributed by atoms with Crippen LogP contribution in [0.1, 0.15) is 32.5 Å². The van der Waals surface area contributed by atoms with Gasteiger partial charge in [-0.3, -0.25) is 0 Å². The first-order valence-electron chi connectivity index (χ1n) is 5.95. The summed E-state index contributed by atoms with van der Waals surface area (Å²) < 4.78 is 2.18. The Morgan fingerprint density at radius 2 is 2.19 bits per heavy atom. The SMILES string of the molecule is CC(C)Cn1c(CN)nnc1SCC1CC1. The van der Waals surface area contributed by atoms with E-state index >= 15 is 0 Å². The van der Waals surface area contributed by atoms with Crippen LogP contribution in [0.25, 0.3) is 0 Å². The van der Waals surface area contributed by atoms with Gasteiger partial charge in [0, 0.05) is 12.3 Å². The third-order valence-corrected chi connectivity index (χ3v) is 3.87. The summed E-state index contributed by atoms with van der Waals surface area (Å²) in [6.07, 6.45) is 2.77.